The van der Waals surface area contributed by atoms with Gasteiger partial charge in [0.05, 0.1) is 26.2 Å². The molecule has 0 aromatic heterocycles. The zero-order chi connectivity index (χ0) is 32.1. The van der Waals surface area contributed by atoms with Crippen molar-refractivity contribution in [3.05, 3.63) is 0 Å². The molecule has 0 aromatic rings. The highest BCUT2D eigenvalue weighted by molar-refractivity contribution is 5.88. The third-order valence-corrected chi connectivity index (χ3v) is 8.99. The Hall–Kier alpha value is -3.09. The fraction of sp³-hybridized carbons (Fsp3) is 0.839. The van der Waals surface area contributed by atoms with Gasteiger partial charge >= 0.3 is 18.0 Å². The van der Waals surface area contributed by atoms with Crippen LogP contribution >= 0.6 is 0 Å². The molecule has 0 spiro atoms. The Morgan fingerprint density at radius 1 is 0.841 bits per heavy atom. The molecule has 1 aliphatic heterocycles. The van der Waals surface area contributed by atoms with E-state index in [-0.39, 0.29) is 62.0 Å². The summed E-state index contributed by atoms with van der Waals surface area (Å²) in [7, 11) is 0. The maximum atomic E-state index is 13.4. The van der Waals surface area contributed by atoms with Gasteiger partial charge in [0.1, 0.15) is 6.54 Å². The van der Waals surface area contributed by atoms with Crippen LogP contribution in [0.25, 0.3) is 0 Å². The van der Waals surface area contributed by atoms with E-state index in [1.165, 1.54) is 16.2 Å². The molecule has 44 heavy (non-hydrogen) atoms. The number of ether oxygens (including phenoxy) is 1. The van der Waals surface area contributed by atoms with Gasteiger partial charge in [0.2, 0.25) is 11.8 Å². The largest absolute Gasteiger partial charge is 0.481 e. The topological polar surface area (TPSA) is 161 Å². The number of morpholine rings is 1. The number of nitrogens with zero attached hydrogens (tertiary/aromatic N) is 3. The first-order valence-electron chi connectivity index (χ1n) is 16.5. The Bertz CT molecular complexity index is 965. The van der Waals surface area contributed by atoms with Gasteiger partial charge in [-0.25, -0.2) is 9.59 Å². The minimum absolute atomic E-state index is 0.0426. The summed E-state index contributed by atoms with van der Waals surface area (Å²) in [5.74, 6) is -0.922. The van der Waals surface area contributed by atoms with Crippen LogP contribution in [-0.4, -0.2) is 120 Å². The molecule has 3 fully saturated rings. The second kappa shape index (κ2) is 18.0. The van der Waals surface area contributed by atoms with Gasteiger partial charge in [0.25, 0.3) is 0 Å². The maximum Gasteiger partial charge on any atom is 0.320 e. The molecule has 2 unspecified atom stereocenters. The van der Waals surface area contributed by atoms with Crippen LogP contribution in [-0.2, 0) is 19.1 Å². The van der Waals surface area contributed by atoms with Crippen molar-refractivity contribution in [3.63, 3.8) is 0 Å². The van der Waals surface area contributed by atoms with Crippen LogP contribution in [0.3, 0.4) is 0 Å². The lowest BCUT2D eigenvalue weighted by Gasteiger charge is -2.34. The van der Waals surface area contributed by atoms with Crippen molar-refractivity contribution in [1.29, 1.82) is 0 Å². The Morgan fingerprint density at radius 3 is 2.09 bits per heavy atom. The molecule has 4 N–H and O–H groups in total. The van der Waals surface area contributed by atoms with E-state index in [0.717, 1.165) is 44.9 Å². The van der Waals surface area contributed by atoms with Gasteiger partial charge in [0.15, 0.2) is 0 Å². The summed E-state index contributed by atoms with van der Waals surface area (Å²) >= 11 is 0. The van der Waals surface area contributed by atoms with Gasteiger partial charge in [0, 0.05) is 44.3 Å². The molecule has 13 nitrogen and oxygen atoms in total. The lowest BCUT2D eigenvalue weighted by atomic mass is 9.86. The Kier molecular flexibility index (Phi) is 14.5. The van der Waals surface area contributed by atoms with E-state index >= 15 is 0 Å². The molecule has 2 saturated carbocycles. The fourth-order valence-electron chi connectivity index (χ4n) is 6.15. The monoisotopic (exact) mass is 622 g/mol. The summed E-state index contributed by atoms with van der Waals surface area (Å²) in [6.07, 6.45) is 7.92. The van der Waals surface area contributed by atoms with Crippen LogP contribution < -0.4 is 16.0 Å². The Labute approximate surface area is 261 Å². The highest BCUT2D eigenvalue weighted by Gasteiger charge is 2.30. The Morgan fingerprint density at radius 2 is 1.48 bits per heavy atom. The lowest BCUT2D eigenvalue weighted by molar-refractivity contribution is -0.139. The number of carboxylic acid groups (broad SMARTS) is 1. The number of hydrogen-bond donors (Lipinski definition) is 4. The second-order valence-corrected chi connectivity index (χ2v) is 13.0. The number of carbonyl (C=O) groups excluding carboxylic acids is 4. The van der Waals surface area contributed by atoms with E-state index in [1.54, 1.807) is 4.90 Å². The van der Waals surface area contributed by atoms with E-state index in [2.05, 4.69) is 22.9 Å². The van der Waals surface area contributed by atoms with Crippen molar-refractivity contribution in [3.8, 4) is 0 Å². The van der Waals surface area contributed by atoms with Crippen LogP contribution in [0.2, 0.25) is 0 Å². The van der Waals surface area contributed by atoms with E-state index in [4.69, 9.17) is 4.74 Å². The smallest absolute Gasteiger partial charge is 0.320 e. The van der Waals surface area contributed by atoms with Gasteiger partial charge in [-0.05, 0) is 56.8 Å². The number of carboxylic acids is 1. The van der Waals surface area contributed by atoms with Crippen molar-refractivity contribution in [2.24, 2.45) is 11.8 Å². The van der Waals surface area contributed by atoms with Crippen molar-refractivity contribution in [1.82, 2.24) is 30.7 Å². The standard InChI is InChI=1S/C31H54N6O7/c1-22(2)12-14-36(28(39)21-37(15-13-29(40)41)31(43)35-16-18-44-19-17-35)20-27(38)32-24-8-10-25(11-9-24)33-30(42)34-26-7-5-4-6-23(26)3/h22-26H,4-21H2,1-3H3,(H,32,38)(H,40,41)(H2,33,34,42). The minimum atomic E-state index is -1.06. The quantitative estimate of drug-likeness (QED) is 0.245. The van der Waals surface area contributed by atoms with Crippen LogP contribution in [0.1, 0.15) is 85.0 Å². The molecule has 6 amide bonds. The molecule has 1 heterocycles. The number of hydrogen-bond acceptors (Lipinski definition) is 6. The van der Waals surface area contributed by atoms with Crippen molar-refractivity contribution in [2.45, 2.75) is 103 Å². The first-order valence-corrected chi connectivity index (χ1v) is 16.5. The third kappa shape index (κ3) is 12.1. The SMILES string of the molecule is CC(C)CCN(CC(=O)NC1CCC(NC(=O)NC2CCCCC2C)CC1)C(=O)CN(CCC(=O)O)C(=O)N1CCOCC1. The zero-order valence-electron chi connectivity index (χ0n) is 26.9. The molecular weight excluding hydrogens is 568 g/mol. The van der Waals surface area contributed by atoms with Crippen LogP contribution in [0.5, 0.6) is 0 Å². The zero-order valence-corrected chi connectivity index (χ0v) is 26.9. The summed E-state index contributed by atoms with van der Waals surface area (Å²) in [6, 6.07) is -0.267. The first-order chi connectivity index (χ1) is 21.0. The van der Waals surface area contributed by atoms with Gasteiger partial charge in [-0.2, -0.15) is 0 Å². The number of nitrogens with one attached hydrogen (secondary N) is 3. The average molecular weight is 623 g/mol. The van der Waals surface area contributed by atoms with E-state index < -0.39 is 12.0 Å². The number of aliphatic carboxylic acids is 1. The lowest BCUT2D eigenvalue weighted by Crippen LogP contribution is -2.53. The summed E-state index contributed by atoms with van der Waals surface area (Å²) in [4.78, 5) is 67.8. The summed E-state index contributed by atoms with van der Waals surface area (Å²) in [5.41, 5.74) is 0. The highest BCUT2D eigenvalue weighted by atomic mass is 16.5. The molecule has 250 valence electrons. The molecular formula is C31H54N6O7. The van der Waals surface area contributed by atoms with Crippen molar-refractivity contribution in [2.75, 3.05) is 52.5 Å². The van der Waals surface area contributed by atoms with Crippen molar-refractivity contribution < 1.29 is 33.8 Å². The molecule has 1 saturated heterocycles. The minimum Gasteiger partial charge on any atom is -0.481 e. The van der Waals surface area contributed by atoms with Crippen LogP contribution in [0.4, 0.5) is 9.59 Å². The van der Waals surface area contributed by atoms with E-state index in [9.17, 15) is 29.1 Å². The molecule has 2 aliphatic carbocycles. The maximum absolute atomic E-state index is 13.4. The summed E-state index contributed by atoms with van der Waals surface area (Å²) in [6.45, 7) is 7.60. The van der Waals surface area contributed by atoms with Gasteiger partial charge < -0.3 is 40.5 Å². The highest BCUT2D eigenvalue weighted by Crippen LogP contribution is 2.24. The predicted molar refractivity (Wildman–Crippen MR) is 165 cm³/mol. The van der Waals surface area contributed by atoms with E-state index in [0.29, 0.717) is 51.1 Å². The van der Waals surface area contributed by atoms with Gasteiger partial charge in [-0.3, -0.25) is 14.4 Å². The normalized spacial score (nSPS) is 23.9. The van der Waals surface area contributed by atoms with Gasteiger partial charge in [-0.1, -0.05) is 33.6 Å². The predicted octanol–water partition coefficient (Wildman–Crippen LogP) is 2.40. The fourth-order valence-corrected chi connectivity index (χ4v) is 6.15. The molecule has 3 rings (SSSR count). The van der Waals surface area contributed by atoms with Gasteiger partial charge in [-0.15, -0.1) is 0 Å². The van der Waals surface area contributed by atoms with Crippen molar-refractivity contribution >= 4 is 29.8 Å². The summed E-state index contributed by atoms with van der Waals surface area (Å²) in [5, 5.41) is 18.5. The molecule has 0 bridgehead atoms. The third-order valence-electron chi connectivity index (χ3n) is 8.99. The molecule has 2 atom stereocenters. The molecule has 0 aromatic carbocycles. The first kappa shape index (κ1) is 35.4. The van der Waals surface area contributed by atoms with Crippen LogP contribution in [0, 0.1) is 11.8 Å². The molecule has 3 aliphatic rings. The van der Waals surface area contributed by atoms with E-state index in [1.807, 2.05) is 13.8 Å². The number of amides is 6. The Balaban J connectivity index is 1.50. The summed E-state index contributed by atoms with van der Waals surface area (Å²) < 4.78 is 5.31. The van der Waals surface area contributed by atoms with Crippen LogP contribution in [0.15, 0.2) is 0 Å². The number of urea groups is 2. The number of carbonyl (C=O) groups is 5. The molecule has 0 radical (unpaired) electrons. The average Bonchev–Trinajstić information content (AvgIpc) is 2.99. The number of rotatable bonds is 13. The second-order valence-electron chi connectivity index (χ2n) is 13.0. The molecule has 13 heteroatoms.